The molecular formula is C15H8ClF3O3S. The van der Waals surface area contributed by atoms with Gasteiger partial charge in [0.1, 0.15) is 5.75 Å². The number of benzene rings is 1. The lowest BCUT2D eigenvalue weighted by molar-refractivity contribution is -0.187. The van der Waals surface area contributed by atoms with E-state index in [0.29, 0.717) is 4.88 Å². The van der Waals surface area contributed by atoms with Gasteiger partial charge >= 0.3 is 12.1 Å². The summed E-state index contributed by atoms with van der Waals surface area (Å²) in [4.78, 5) is 12.0. The van der Waals surface area contributed by atoms with Crippen molar-refractivity contribution in [3.8, 4) is 5.75 Å². The molecule has 0 bridgehead atoms. The van der Waals surface area contributed by atoms with Crippen molar-refractivity contribution in [2.45, 2.75) is 12.3 Å². The minimum atomic E-state index is -4.85. The number of halogens is 4. The van der Waals surface area contributed by atoms with Gasteiger partial charge in [-0.3, -0.25) is 0 Å². The summed E-state index contributed by atoms with van der Waals surface area (Å²) in [5.41, 5.74) is -0.619. The fraction of sp³-hybridized carbons (Fsp3) is 0.133. The van der Waals surface area contributed by atoms with Crippen molar-refractivity contribution in [3.05, 3.63) is 56.7 Å². The molecular weight excluding hydrogens is 353 g/mol. The molecule has 0 fully saturated rings. The molecule has 120 valence electrons. The molecule has 0 saturated heterocycles. The zero-order chi connectivity index (χ0) is 16.8. The summed E-state index contributed by atoms with van der Waals surface area (Å²) in [6, 6.07) is 7.30. The van der Waals surface area contributed by atoms with Crippen molar-refractivity contribution in [2.24, 2.45) is 0 Å². The number of rotatable bonds is 2. The van der Waals surface area contributed by atoms with E-state index >= 15 is 0 Å². The lowest BCUT2D eigenvalue weighted by atomic mass is 9.91. The number of carboxylic acid groups (broad SMARTS) is 1. The standard InChI is InChI=1S/C15H8ClF3O3S/c16-7-3-4-9-8(6-7)11(10-2-1-5-23-10)12(14(20)21)13(22-9)15(17,18)19/h1-6,13H,(H,20,21)/t13-/m0/s1. The summed E-state index contributed by atoms with van der Waals surface area (Å²) in [6.45, 7) is 0. The average molecular weight is 361 g/mol. The van der Waals surface area contributed by atoms with Gasteiger partial charge in [-0.1, -0.05) is 17.7 Å². The van der Waals surface area contributed by atoms with E-state index < -0.39 is 23.8 Å². The van der Waals surface area contributed by atoms with E-state index in [-0.39, 0.29) is 21.9 Å². The van der Waals surface area contributed by atoms with Crippen LogP contribution in [0.3, 0.4) is 0 Å². The highest BCUT2D eigenvalue weighted by molar-refractivity contribution is 7.11. The van der Waals surface area contributed by atoms with Crippen LogP contribution in [0.2, 0.25) is 5.02 Å². The van der Waals surface area contributed by atoms with E-state index in [1.165, 1.54) is 18.2 Å². The largest absolute Gasteiger partial charge is 0.478 e. The Hall–Kier alpha value is -1.99. The maximum atomic E-state index is 13.3. The van der Waals surface area contributed by atoms with Gasteiger partial charge in [-0.15, -0.1) is 11.3 Å². The molecule has 0 radical (unpaired) electrons. The Kier molecular flexibility index (Phi) is 3.85. The van der Waals surface area contributed by atoms with Gasteiger partial charge in [-0.05, 0) is 29.6 Å². The van der Waals surface area contributed by atoms with Crippen molar-refractivity contribution in [1.82, 2.24) is 0 Å². The minimum Gasteiger partial charge on any atom is -0.478 e. The molecule has 8 heteroatoms. The maximum absolute atomic E-state index is 13.3. The van der Waals surface area contributed by atoms with Crippen LogP contribution in [0, 0.1) is 0 Å². The monoisotopic (exact) mass is 360 g/mol. The third-order valence-electron chi connectivity index (χ3n) is 3.28. The SMILES string of the molecule is O=C(O)C1=C(c2cccs2)c2cc(Cl)ccc2O[C@@H]1C(F)(F)F. The second-order valence-electron chi connectivity index (χ2n) is 4.75. The number of hydrogen-bond acceptors (Lipinski definition) is 3. The highest BCUT2D eigenvalue weighted by Gasteiger charge is 2.50. The summed E-state index contributed by atoms with van der Waals surface area (Å²) in [5.74, 6) is -1.73. The number of carbonyl (C=O) groups is 1. The number of aliphatic carboxylic acids is 1. The topological polar surface area (TPSA) is 46.5 Å². The molecule has 1 aromatic heterocycles. The minimum absolute atomic E-state index is 0.0152. The summed E-state index contributed by atoms with van der Waals surface area (Å²) in [6.07, 6.45) is -7.39. The van der Waals surface area contributed by atoms with E-state index in [1.807, 2.05) is 0 Å². The first-order valence-corrected chi connectivity index (χ1v) is 7.59. The second-order valence-corrected chi connectivity index (χ2v) is 6.14. The molecule has 1 aromatic carbocycles. The van der Waals surface area contributed by atoms with Crippen LogP contribution in [0.1, 0.15) is 10.4 Å². The van der Waals surface area contributed by atoms with Gasteiger partial charge in [0.2, 0.25) is 6.10 Å². The Morgan fingerprint density at radius 1 is 1.30 bits per heavy atom. The van der Waals surface area contributed by atoms with Crippen LogP contribution in [-0.2, 0) is 4.79 Å². The molecule has 0 aliphatic carbocycles. The molecule has 1 N–H and O–H groups in total. The summed E-state index contributed by atoms with van der Waals surface area (Å²) in [7, 11) is 0. The third kappa shape index (κ3) is 2.82. The van der Waals surface area contributed by atoms with E-state index in [9.17, 15) is 23.1 Å². The smallest absolute Gasteiger partial charge is 0.430 e. The molecule has 0 spiro atoms. The molecule has 0 saturated carbocycles. The maximum Gasteiger partial charge on any atom is 0.430 e. The first-order chi connectivity index (χ1) is 10.8. The molecule has 3 nitrogen and oxygen atoms in total. The van der Waals surface area contributed by atoms with Gasteiger partial charge in [0.05, 0.1) is 5.57 Å². The Bertz CT molecular complexity index is 797. The Labute approximate surface area is 137 Å². The van der Waals surface area contributed by atoms with Gasteiger partial charge in [-0.2, -0.15) is 13.2 Å². The zero-order valence-corrected chi connectivity index (χ0v) is 12.8. The molecule has 3 rings (SSSR count). The zero-order valence-electron chi connectivity index (χ0n) is 11.2. The molecule has 0 amide bonds. The van der Waals surface area contributed by atoms with Gasteiger partial charge in [0, 0.05) is 21.0 Å². The van der Waals surface area contributed by atoms with Crippen LogP contribution < -0.4 is 4.74 Å². The highest BCUT2D eigenvalue weighted by Crippen LogP contribution is 2.45. The number of thiophene rings is 1. The van der Waals surface area contributed by atoms with Crippen LogP contribution in [0.25, 0.3) is 5.57 Å². The van der Waals surface area contributed by atoms with Gasteiger partial charge in [-0.25, -0.2) is 4.79 Å². The first kappa shape index (κ1) is 15.9. The average Bonchev–Trinajstić information content (AvgIpc) is 2.97. The molecule has 0 unspecified atom stereocenters. The number of carboxylic acids is 1. The van der Waals surface area contributed by atoms with Gasteiger partial charge < -0.3 is 9.84 Å². The molecule has 1 aliphatic rings. The molecule has 23 heavy (non-hydrogen) atoms. The Morgan fingerprint density at radius 2 is 2.04 bits per heavy atom. The predicted octanol–water partition coefficient (Wildman–Crippen LogP) is 4.61. The lowest BCUT2D eigenvalue weighted by Crippen LogP contribution is -2.41. The first-order valence-electron chi connectivity index (χ1n) is 6.33. The van der Waals surface area contributed by atoms with Crippen molar-refractivity contribution in [3.63, 3.8) is 0 Å². The van der Waals surface area contributed by atoms with Crippen molar-refractivity contribution >= 4 is 34.5 Å². The van der Waals surface area contributed by atoms with Crippen molar-refractivity contribution in [2.75, 3.05) is 0 Å². The summed E-state index contributed by atoms with van der Waals surface area (Å²) >= 11 is 7.06. The fourth-order valence-corrected chi connectivity index (χ4v) is 3.37. The van der Waals surface area contributed by atoms with E-state index in [2.05, 4.69) is 0 Å². The lowest BCUT2D eigenvalue weighted by Gasteiger charge is -2.30. The third-order valence-corrected chi connectivity index (χ3v) is 4.41. The number of hydrogen-bond donors (Lipinski definition) is 1. The van der Waals surface area contributed by atoms with Crippen LogP contribution >= 0.6 is 22.9 Å². The predicted molar refractivity (Wildman–Crippen MR) is 79.9 cm³/mol. The van der Waals surface area contributed by atoms with Gasteiger partial charge in [0.25, 0.3) is 0 Å². The summed E-state index contributed by atoms with van der Waals surface area (Å²) < 4.78 is 44.8. The van der Waals surface area contributed by atoms with Crippen LogP contribution in [0.15, 0.2) is 41.3 Å². The number of fused-ring (bicyclic) bond motifs is 1. The molecule has 2 aromatic rings. The van der Waals surface area contributed by atoms with E-state index in [0.717, 1.165) is 11.3 Å². The normalized spacial score (nSPS) is 17.7. The fourth-order valence-electron chi connectivity index (χ4n) is 2.40. The number of ether oxygens (including phenoxy) is 1. The summed E-state index contributed by atoms with van der Waals surface area (Å²) in [5, 5.41) is 11.3. The molecule has 1 atom stereocenters. The Balaban J connectivity index is 2.36. The van der Waals surface area contributed by atoms with Crippen molar-refractivity contribution < 1.29 is 27.8 Å². The van der Waals surface area contributed by atoms with Crippen LogP contribution in [0.5, 0.6) is 5.75 Å². The van der Waals surface area contributed by atoms with Gasteiger partial charge in [0.15, 0.2) is 0 Å². The van der Waals surface area contributed by atoms with E-state index in [4.69, 9.17) is 16.3 Å². The second kappa shape index (κ2) is 5.58. The highest BCUT2D eigenvalue weighted by atomic mass is 35.5. The van der Waals surface area contributed by atoms with E-state index in [1.54, 1.807) is 17.5 Å². The molecule has 1 aliphatic heterocycles. The Morgan fingerprint density at radius 3 is 2.61 bits per heavy atom. The van der Waals surface area contributed by atoms with Crippen LogP contribution in [0.4, 0.5) is 13.2 Å². The van der Waals surface area contributed by atoms with Crippen molar-refractivity contribution in [1.29, 1.82) is 0 Å². The molecule has 2 heterocycles. The quantitative estimate of drug-likeness (QED) is 0.850. The van der Waals surface area contributed by atoms with Crippen LogP contribution in [-0.4, -0.2) is 23.4 Å². The number of alkyl halides is 3.